The van der Waals surface area contributed by atoms with Crippen LogP contribution in [0.15, 0.2) is 67.3 Å². The van der Waals surface area contributed by atoms with Crippen molar-refractivity contribution in [2.45, 2.75) is 31.9 Å². The number of carbonyl (C=O) groups excluding carboxylic acids is 2. The van der Waals surface area contributed by atoms with Crippen LogP contribution in [-0.2, 0) is 11.3 Å². The normalized spacial score (nSPS) is 14.4. The summed E-state index contributed by atoms with van der Waals surface area (Å²) < 4.78 is 6.06. The van der Waals surface area contributed by atoms with Crippen LogP contribution >= 0.6 is 0 Å². The van der Waals surface area contributed by atoms with Crippen LogP contribution in [0.5, 0.6) is 5.75 Å². The van der Waals surface area contributed by atoms with Gasteiger partial charge in [0.25, 0.3) is 5.91 Å². The minimum Gasteiger partial charge on any atom is -0.490 e. The van der Waals surface area contributed by atoms with E-state index in [9.17, 15) is 9.59 Å². The van der Waals surface area contributed by atoms with Crippen LogP contribution in [-0.4, -0.2) is 35.9 Å². The standard InChI is InChI=1S/C23H26N2O3/c1-2-7-22(26)25-14-12-20(13-15-25)28-21-11-6-10-19(16-21)23(27)24-17-18-8-4-3-5-9-18/h2-6,8-11,16,20H,1,7,12-15,17H2,(H,24,27). The Morgan fingerprint density at radius 3 is 2.57 bits per heavy atom. The fourth-order valence-corrected chi connectivity index (χ4v) is 3.26. The SMILES string of the molecule is C=CCC(=O)N1CCC(Oc2cccc(C(=O)NCc3ccccc3)c2)CC1. The number of benzene rings is 2. The van der Waals surface area contributed by atoms with Gasteiger partial charge in [0, 0.05) is 44.5 Å². The van der Waals surface area contributed by atoms with Crippen LogP contribution in [0.4, 0.5) is 0 Å². The van der Waals surface area contributed by atoms with Crippen molar-refractivity contribution in [1.82, 2.24) is 10.2 Å². The van der Waals surface area contributed by atoms with Gasteiger partial charge in [-0.15, -0.1) is 6.58 Å². The largest absolute Gasteiger partial charge is 0.490 e. The molecule has 2 aromatic carbocycles. The molecule has 0 aromatic heterocycles. The molecule has 1 N–H and O–H groups in total. The zero-order chi connectivity index (χ0) is 19.8. The molecule has 3 rings (SSSR count). The summed E-state index contributed by atoms with van der Waals surface area (Å²) in [4.78, 5) is 26.2. The second kappa shape index (κ2) is 9.74. The summed E-state index contributed by atoms with van der Waals surface area (Å²) in [5.74, 6) is 0.674. The second-order valence-electron chi connectivity index (χ2n) is 6.89. The summed E-state index contributed by atoms with van der Waals surface area (Å²) in [5.41, 5.74) is 1.63. The number of hydrogen-bond donors (Lipinski definition) is 1. The first kappa shape index (κ1) is 19.7. The predicted molar refractivity (Wildman–Crippen MR) is 109 cm³/mol. The van der Waals surface area contributed by atoms with Crippen LogP contribution in [0, 0.1) is 0 Å². The monoisotopic (exact) mass is 378 g/mol. The number of piperidine rings is 1. The Balaban J connectivity index is 1.51. The van der Waals surface area contributed by atoms with Crippen LogP contribution in [0.1, 0.15) is 35.2 Å². The Morgan fingerprint density at radius 2 is 1.86 bits per heavy atom. The van der Waals surface area contributed by atoms with Crippen molar-refractivity contribution in [2.24, 2.45) is 0 Å². The number of amides is 2. The smallest absolute Gasteiger partial charge is 0.251 e. The van der Waals surface area contributed by atoms with Gasteiger partial charge < -0.3 is 15.0 Å². The van der Waals surface area contributed by atoms with Crippen molar-refractivity contribution in [3.63, 3.8) is 0 Å². The molecule has 0 spiro atoms. The molecule has 1 heterocycles. The van der Waals surface area contributed by atoms with Crippen molar-refractivity contribution in [2.75, 3.05) is 13.1 Å². The quantitative estimate of drug-likeness (QED) is 0.750. The summed E-state index contributed by atoms with van der Waals surface area (Å²) in [7, 11) is 0. The fraction of sp³-hybridized carbons (Fsp3) is 0.304. The highest BCUT2D eigenvalue weighted by atomic mass is 16.5. The van der Waals surface area contributed by atoms with Crippen LogP contribution in [0.2, 0.25) is 0 Å². The third-order valence-corrected chi connectivity index (χ3v) is 4.81. The highest BCUT2D eigenvalue weighted by molar-refractivity contribution is 5.94. The first-order chi connectivity index (χ1) is 13.7. The topological polar surface area (TPSA) is 58.6 Å². The molecule has 0 unspecified atom stereocenters. The highest BCUT2D eigenvalue weighted by Gasteiger charge is 2.23. The highest BCUT2D eigenvalue weighted by Crippen LogP contribution is 2.21. The zero-order valence-electron chi connectivity index (χ0n) is 16.0. The lowest BCUT2D eigenvalue weighted by Gasteiger charge is -2.32. The molecule has 5 heteroatoms. The van der Waals surface area contributed by atoms with Gasteiger partial charge in [-0.2, -0.15) is 0 Å². The van der Waals surface area contributed by atoms with Gasteiger partial charge in [0.05, 0.1) is 0 Å². The van der Waals surface area contributed by atoms with E-state index in [2.05, 4.69) is 11.9 Å². The Morgan fingerprint density at radius 1 is 1.11 bits per heavy atom. The molecule has 28 heavy (non-hydrogen) atoms. The number of carbonyl (C=O) groups is 2. The summed E-state index contributed by atoms with van der Waals surface area (Å²) in [6, 6.07) is 17.1. The maximum Gasteiger partial charge on any atom is 0.251 e. The molecule has 1 aliphatic rings. The number of likely N-dealkylation sites (tertiary alicyclic amines) is 1. The number of rotatable bonds is 7. The molecular weight excluding hydrogens is 352 g/mol. The van der Waals surface area contributed by atoms with Crippen molar-refractivity contribution in [3.05, 3.63) is 78.4 Å². The molecule has 2 amide bonds. The summed E-state index contributed by atoms with van der Waals surface area (Å²) >= 11 is 0. The van der Waals surface area contributed by atoms with Gasteiger partial charge in [-0.3, -0.25) is 9.59 Å². The predicted octanol–water partition coefficient (Wildman–Crippen LogP) is 3.56. The van der Waals surface area contributed by atoms with E-state index >= 15 is 0 Å². The Bertz CT molecular complexity index is 812. The molecule has 0 aliphatic carbocycles. The number of ether oxygens (including phenoxy) is 1. The van der Waals surface area contributed by atoms with Gasteiger partial charge in [0.15, 0.2) is 0 Å². The summed E-state index contributed by atoms with van der Waals surface area (Å²) in [6.07, 6.45) is 3.64. The van der Waals surface area contributed by atoms with Gasteiger partial charge in [-0.05, 0) is 23.8 Å². The van der Waals surface area contributed by atoms with Gasteiger partial charge in [-0.25, -0.2) is 0 Å². The van der Waals surface area contributed by atoms with Crippen molar-refractivity contribution < 1.29 is 14.3 Å². The minimum absolute atomic E-state index is 0.0513. The Labute approximate surface area is 166 Å². The van der Waals surface area contributed by atoms with Crippen molar-refractivity contribution in [1.29, 1.82) is 0 Å². The van der Waals surface area contributed by atoms with E-state index < -0.39 is 0 Å². The molecular formula is C23H26N2O3. The minimum atomic E-state index is -0.126. The maximum absolute atomic E-state index is 12.4. The van der Waals surface area contributed by atoms with Crippen LogP contribution < -0.4 is 10.1 Å². The molecule has 146 valence electrons. The Kier molecular flexibility index (Phi) is 6.84. The Hall–Kier alpha value is -3.08. The fourth-order valence-electron chi connectivity index (χ4n) is 3.26. The van der Waals surface area contributed by atoms with Gasteiger partial charge in [-0.1, -0.05) is 42.5 Å². The zero-order valence-corrected chi connectivity index (χ0v) is 16.0. The van der Waals surface area contributed by atoms with E-state index in [4.69, 9.17) is 4.74 Å². The molecule has 1 fully saturated rings. The van der Waals surface area contributed by atoms with E-state index in [1.807, 2.05) is 47.4 Å². The first-order valence-electron chi connectivity index (χ1n) is 9.63. The van der Waals surface area contributed by atoms with Gasteiger partial charge in [0.1, 0.15) is 11.9 Å². The van der Waals surface area contributed by atoms with Gasteiger partial charge >= 0.3 is 0 Å². The average molecular weight is 378 g/mol. The number of nitrogens with one attached hydrogen (secondary N) is 1. The molecule has 5 nitrogen and oxygen atoms in total. The van der Waals surface area contributed by atoms with Crippen molar-refractivity contribution >= 4 is 11.8 Å². The second-order valence-corrected chi connectivity index (χ2v) is 6.89. The first-order valence-corrected chi connectivity index (χ1v) is 9.63. The molecule has 0 bridgehead atoms. The van der Waals surface area contributed by atoms with Crippen LogP contribution in [0.3, 0.4) is 0 Å². The molecule has 2 aromatic rings. The molecule has 0 saturated carbocycles. The molecule has 1 aliphatic heterocycles. The molecule has 0 atom stereocenters. The summed E-state index contributed by atoms with van der Waals surface area (Å²) in [5, 5.41) is 2.93. The van der Waals surface area contributed by atoms with E-state index in [1.165, 1.54) is 0 Å². The van der Waals surface area contributed by atoms with E-state index in [0.717, 1.165) is 18.4 Å². The van der Waals surface area contributed by atoms with Crippen molar-refractivity contribution in [3.8, 4) is 5.75 Å². The number of hydrogen-bond acceptors (Lipinski definition) is 3. The van der Waals surface area contributed by atoms with Crippen LogP contribution in [0.25, 0.3) is 0 Å². The van der Waals surface area contributed by atoms with E-state index in [0.29, 0.717) is 37.4 Å². The van der Waals surface area contributed by atoms with Gasteiger partial charge in [0.2, 0.25) is 5.91 Å². The number of nitrogens with zero attached hydrogens (tertiary/aromatic N) is 1. The summed E-state index contributed by atoms with van der Waals surface area (Å²) in [6.45, 7) is 5.48. The lowest BCUT2D eigenvalue weighted by Crippen LogP contribution is -2.41. The van der Waals surface area contributed by atoms with E-state index in [1.54, 1.807) is 18.2 Å². The lowest BCUT2D eigenvalue weighted by molar-refractivity contribution is -0.132. The maximum atomic E-state index is 12.4. The van der Waals surface area contributed by atoms with E-state index in [-0.39, 0.29) is 17.9 Å². The third-order valence-electron chi connectivity index (χ3n) is 4.81. The molecule has 0 radical (unpaired) electrons. The lowest BCUT2D eigenvalue weighted by atomic mass is 10.1. The average Bonchev–Trinajstić information content (AvgIpc) is 2.73. The molecule has 1 saturated heterocycles. The third kappa shape index (κ3) is 5.46.